The molecule has 7 nitrogen and oxygen atoms in total. The lowest BCUT2D eigenvalue weighted by Gasteiger charge is -2.12. The van der Waals surface area contributed by atoms with Crippen LogP contribution in [0.4, 0.5) is 0 Å². The van der Waals surface area contributed by atoms with Crippen molar-refractivity contribution >= 4 is 29.4 Å². The Kier molecular flexibility index (Phi) is 7.26. The molecule has 0 saturated heterocycles. The second-order valence-corrected chi connectivity index (χ2v) is 6.38. The molecule has 0 spiro atoms. The van der Waals surface area contributed by atoms with Crippen molar-refractivity contribution in [1.29, 1.82) is 0 Å². The summed E-state index contributed by atoms with van der Waals surface area (Å²) in [5.74, 6) is -0.295. The smallest absolute Gasteiger partial charge is 0.337 e. The van der Waals surface area contributed by atoms with Crippen LogP contribution in [-0.2, 0) is 25.5 Å². The maximum atomic E-state index is 11.9. The predicted molar refractivity (Wildman–Crippen MR) is 94.4 cm³/mol. The van der Waals surface area contributed by atoms with Gasteiger partial charge in [-0.2, -0.15) is 0 Å². The molecule has 0 unspecified atom stereocenters. The molecule has 1 amide bonds. The van der Waals surface area contributed by atoms with Crippen LogP contribution < -0.4 is 10.1 Å². The summed E-state index contributed by atoms with van der Waals surface area (Å²) in [5.41, 5.74) is 1.19. The molecule has 0 bridgehead atoms. The molecule has 1 N–H and O–H groups in total. The number of hydrogen-bond acceptors (Lipinski definition) is 6. The minimum Gasteiger partial charge on any atom is -0.486 e. The summed E-state index contributed by atoms with van der Waals surface area (Å²) >= 11 is 6.17. The average Bonchev–Trinajstić information content (AvgIpc) is 3.06. The molecule has 1 aliphatic rings. The molecule has 0 radical (unpaired) electrons. The van der Waals surface area contributed by atoms with Gasteiger partial charge in [-0.3, -0.25) is 9.59 Å². The number of carbonyl (C=O) groups is 3. The highest BCUT2D eigenvalue weighted by Gasteiger charge is 2.27. The Morgan fingerprint density at radius 1 is 1.19 bits per heavy atom. The van der Waals surface area contributed by atoms with E-state index in [9.17, 15) is 14.4 Å². The van der Waals surface area contributed by atoms with Gasteiger partial charge in [-0.25, -0.2) is 4.79 Å². The van der Waals surface area contributed by atoms with Gasteiger partial charge < -0.3 is 19.5 Å². The summed E-state index contributed by atoms with van der Waals surface area (Å²) in [5, 5.41) is 3.16. The molecule has 0 saturated carbocycles. The summed E-state index contributed by atoms with van der Waals surface area (Å²) in [6, 6.07) is 3.20. The molecule has 26 heavy (non-hydrogen) atoms. The van der Waals surface area contributed by atoms with Crippen molar-refractivity contribution in [2.24, 2.45) is 0 Å². The number of unbranched alkanes of at least 4 members (excludes halogenated alkanes) is 1. The number of ether oxygens (including phenoxy) is 3. The van der Waals surface area contributed by atoms with E-state index in [0.29, 0.717) is 55.0 Å². The van der Waals surface area contributed by atoms with Crippen LogP contribution >= 0.6 is 11.6 Å². The van der Waals surface area contributed by atoms with E-state index in [-0.39, 0.29) is 18.0 Å². The lowest BCUT2D eigenvalue weighted by atomic mass is 10.1. The number of hydrogen-bond donors (Lipinski definition) is 1. The van der Waals surface area contributed by atoms with E-state index in [1.165, 1.54) is 20.3 Å². The average molecular weight is 384 g/mol. The summed E-state index contributed by atoms with van der Waals surface area (Å²) in [6.45, 7) is 0.342. The summed E-state index contributed by atoms with van der Waals surface area (Å²) < 4.78 is 15.0. The zero-order valence-electron chi connectivity index (χ0n) is 14.8. The first-order valence-corrected chi connectivity index (χ1v) is 8.73. The third kappa shape index (κ3) is 5.36. The van der Waals surface area contributed by atoms with E-state index in [4.69, 9.17) is 21.1 Å². The molecule has 0 fully saturated rings. The van der Waals surface area contributed by atoms with Gasteiger partial charge >= 0.3 is 11.9 Å². The summed E-state index contributed by atoms with van der Waals surface area (Å²) in [6.07, 6.45) is 2.17. The van der Waals surface area contributed by atoms with Gasteiger partial charge in [0.1, 0.15) is 11.9 Å². The van der Waals surface area contributed by atoms with E-state index < -0.39 is 5.97 Å². The van der Waals surface area contributed by atoms with Crippen molar-refractivity contribution in [2.45, 2.75) is 38.2 Å². The summed E-state index contributed by atoms with van der Waals surface area (Å²) in [4.78, 5) is 34.5. The molecule has 142 valence electrons. The fourth-order valence-electron chi connectivity index (χ4n) is 2.71. The van der Waals surface area contributed by atoms with Crippen molar-refractivity contribution in [3.8, 4) is 5.75 Å². The molecule has 1 aromatic carbocycles. The maximum Gasteiger partial charge on any atom is 0.337 e. The van der Waals surface area contributed by atoms with E-state index in [2.05, 4.69) is 10.1 Å². The lowest BCUT2D eigenvalue weighted by molar-refractivity contribution is -0.140. The topological polar surface area (TPSA) is 90.9 Å². The number of halogens is 1. The Morgan fingerprint density at radius 2 is 1.92 bits per heavy atom. The molecule has 2 rings (SSSR count). The minimum absolute atomic E-state index is 0.101. The number of amides is 1. The van der Waals surface area contributed by atoms with Crippen LogP contribution in [0.3, 0.4) is 0 Å². The van der Waals surface area contributed by atoms with Crippen LogP contribution in [0.2, 0.25) is 5.02 Å². The van der Waals surface area contributed by atoms with Crippen LogP contribution in [0.5, 0.6) is 5.75 Å². The van der Waals surface area contributed by atoms with Gasteiger partial charge in [0.05, 0.1) is 31.4 Å². The van der Waals surface area contributed by atoms with Gasteiger partial charge in [0.2, 0.25) is 5.91 Å². The third-order valence-corrected chi connectivity index (χ3v) is 4.34. The molecule has 8 heteroatoms. The number of methoxy groups -OCH3 is 2. The number of carbonyl (C=O) groups excluding carboxylic acids is 3. The van der Waals surface area contributed by atoms with Crippen LogP contribution in [-0.4, -0.2) is 44.7 Å². The monoisotopic (exact) mass is 383 g/mol. The van der Waals surface area contributed by atoms with Gasteiger partial charge in [-0.05, 0) is 25.0 Å². The van der Waals surface area contributed by atoms with E-state index in [1.807, 2.05) is 0 Å². The van der Waals surface area contributed by atoms with Gasteiger partial charge in [0.25, 0.3) is 0 Å². The predicted octanol–water partition coefficient (Wildman–Crippen LogP) is 2.28. The number of benzene rings is 1. The molecule has 0 aliphatic carbocycles. The van der Waals surface area contributed by atoms with Crippen molar-refractivity contribution in [3.05, 3.63) is 28.3 Å². The Bertz CT molecular complexity index is 691. The quantitative estimate of drug-likeness (QED) is 0.547. The number of fused-ring (bicyclic) bond motifs is 1. The molecule has 1 atom stereocenters. The number of esters is 2. The van der Waals surface area contributed by atoms with E-state index >= 15 is 0 Å². The molecule has 1 heterocycles. The van der Waals surface area contributed by atoms with Crippen LogP contribution in [0.15, 0.2) is 12.1 Å². The van der Waals surface area contributed by atoms with Crippen molar-refractivity contribution in [3.63, 3.8) is 0 Å². The van der Waals surface area contributed by atoms with Crippen LogP contribution in [0.1, 0.15) is 41.6 Å². The Labute approximate surface area is 156 Å². The Morgan fingerprint density at radius 3 is 2.62 bits per heavy atom. The highest BCUT2D eigenvalue weighted by molar-refractivity contribution is 6.32. The van der Waals surface area contributed by atoms with Crippen LogP contribution in [0, 0.1) is 0 Å². The fourth-order valence-corrected chi connectivity index (χ4v) is 2.99. The lowest BCUT2D eigenvalue weighted by Crippen LogP contribution is -2.34. The van der Waals surface area contributed by atoms with Gasteiger partial charge in [0.15, 0.2) is 0 Å². The van der Waals surface area contributed by atoms with Crippen molar-refractivity contribution in [2.75, 3.05) is 20.8 Å². The van der Waals surface area contributed by atoms with Gasteiger partial charge in [-0.1, -0.05) is 11.6 Å². The molecule has 0 aromatic heterocycles. The largest absolute Gasteiger partial charge is 0.486 e. The molecular weight excluding hydrogens is 362 g/mol. The van der Waals surface area contributed by atoms with Crippen LogP contribution in [0.25, 0.3) is 0 Å². The zero-order valence-corrected chi connectivity index (χ0v) is 15.6. The minimum atomic E-state index is -0.460. The Hall–Kier alpha value is -2.28. The third-order valence-electron chi connectivity index (χ3n) is 4.06. The second kappa shape index (κ2) is 9.43. The molecule has 1 aliphatic heterocycles. The molecule has 1 aromatic rings. The first-order valence-electron chi connectivity index (χ1n) is 8.35. The SMILES string of the molecule is COC(=O)CCCCC(=O)NC[C@@H]1Cc2cc(C(=O)OC)cc(Cl)c2O1. The normalized spacial score (nSPS) is 15.0. The molecular formula is C18H22ClNO6. The maximum absolute atomic E-state index is 11.9. The number of nitrogens with one attached hydrogen (secondary N) is 1. The van der Waals surface area contributed by atoms with Gasteiger partial charge in [-0.15, -0.1) is 0 Å². The Balaban J connectivity index is 1.78. The van der Waals surface area contributed by atoms with E-state index in [0.717, 1.165) is 5.56 Å². The first kappa shape index (κ1) is 20.0. The van der Waals surface area contributed by atoms with E-state index in [1.54, 1.807) is 6.07 Å². The first-order chi connectivity index (χ1) is 12.4. The van der Waals surface area contributed by atoms with Crippen molar-refractivity contribution in [1.82, 2.24) is 5.32 Å². The fraction of sp³-hybridized carbons (Fsp3) is 0.500. The highest BCUT2D eigenvalue weighted by atomic mass is 35.5. The standard InChI is InChI=1S/C18H22ClNO6/c1-24-16(22)6-4-3-5-15(21)20-10-13-8-11-7-12(18(23)25-2)9-14(19)17(11)26-13/h7,9,13H,3-6,8,10H2,1-2H3,(H,20,21)/t13-/m0/s1. The second-order valence-electron chi connectivity index (χ2n) is 5.97. The highest BCUT2D eigenvalue weighted by Crippen LogP contribution is 2.37. The number of rotatable bonds is 8. The van der Waals surface area contributed by atoms with Gasteiger partial charge in [0, 0.05) is 24.8 Å². The zero-order chi connectivity index (χ0) is 19.1. The summed E-state index contributed by atoms with van der Waals surface area (Å²) in [7, 11) is 2.65. The van der Waals surface area contributed by atoms with Crippen molar-refractivity contribution < 1.29 is 28.6 Å².